The lowest BCUT2D eigenvalue weighted by atomic mass is 9.93. The highest BCUT2D eigenvalue weighted by atomic mass is 79.9. The number of rotatable bonds is 4. The van der Waals surface area contributed by atoms with Gasteiger partial charge in [-0.1, -0.05) is 63.9 Å². The lowest BCUT2D eigenvalue weighted by Crippen LogP contribution is -2.29. The predicted molar refractivity (Wildman–Crippen MR) is 132 cm³/mol. The van der Waals surface area contributed by atoms with Crippen molar-refractivity contribution < 1.29 is 9.90 Å². The maximum atomic E-state index is 13.6. The topological polar surface area (TPSA) is 69.2 Å². The van der Waals surface area contributed by atoms with Gasteiger partial charge in [0.25, 0.3) is 5.91 Å². The van der Waals surface area contributed by atoms with Crippen molar-refractivity contribution in [1.82, 2.24) is 15.1 Å². The second kappa shape index (κ2) is 8.36. The number of amides is 1. The first-order chi connectivity index (χ1) is 15.8. The number of fused-ring (bicyclic) bond motifs is 1. The maximum absolute atomic E-state index is 13.6. The van der Waals surface area contributed by atoms with Crippen LogP contribution in [0.4, 0.5) is 0 Å². The van der Waals surface area contributed by atoms with Gasteiger partial charge in [-0.05, 0) is 60.4 Å². The second-order valence-electron chi connectivity index (χ2n) is 8.32. The molecular weight excluding hydrogens is 502 g/mol. The molecule has 0 fully saturated rings. The lowest BCUT2D eigenvalue weighted by molar-refractivity contribution is 0.0730. The van der Waals surface area contributed by atoms with E-state index < -0.39 is 0 Å². The molecule has 5 nitrogen and oxygen atoms in total. The minimum Gasteiger partial charge on any atom is -0.507 e. The normalized spacial score (nSPS) is 15.2. The second-order valence-corrected chi connectivity index (χ2v) is 9.64. The molecule has 4 aromatic rings. The van der Waals surface area contributed by atoms with Crippen molar-refractivity contribution in [3.8, 4) is 17.0 Å². The molecule has 166 valence electrons. The molecule has 33 heavy (non-hydrogen) atoms. The summed E-state index contributed by atoms with van der Waals surface area (Å²) in [5.74, 6) is -0.00537. The summed E-state index contributed by atoms with van der Waals surface area (Å²) in [6.45, 7) is 4.22. The van der Waals surface area contributed by atoms with Crippen LogP contribution in [-0.2, 0) is 6.54 Å². The van der Waals surface area contributed by atoms with Gasteiger partial charge < -0.3 is 10.0 Å². The molecule has 0 radical (unpaired) electrons. The van der Waals surface area contributed by atoms with E-state index >= 15 is 0 Å². The van der Waals surface area contributed by atoms with Crippen molar-refractivity contribution in [1.29, 1.82) is 0 Å². The third kappa shape index (κ3) is 3.73. The molecule has 2 heterocycles. The Kier molecular flexibility index (Phi) is 5.51. The molecule has 0 spiro atoms. The Bertz CT molecular complexity index is 1360. The van der Waals surface area contributed by atoms with Gasteiger partial charge in [0.1, 0.15) is 17.1 Å². The standard InChI is InChI=1S/C26H21BrClN3O2/c1-14-11-15(2)21(20(32)12-14)23-22-24(30-29-23)26(33)31(13-17-5-3-4-6-19(17)28)25(22)16-7-9-18(27)10-8-16/h3-12,25,32H,13H2,1-2H3,(H,29,30). The molecule has 3 aromatic carbocycles. The molecule has 0 saturated carbocycles. The van der Waals surface area contributed by atoms with Crippen LogP contribution in [0.5, 0.6) is 5.75 Å². The minimum absolute atomic E-state index is 0.147. The molecule has 2 N–H and O–H groups in total. The van der Waals surface area contributed by atoms with Gasteiger partial charge in [0.2, 0.25) is 0 Å². The smallest absolute Gasteiger partial charge is 0.273 e. The number of benzene rings is 3. The summed E-state index contributed by atoms with van der Waals surface area (Å²) >= 11 is 9.93. The number of phenols is 1. The lowest BCUT2D eigenvalue weighted by Gasteiger charge is -2.27. The number of H-pyrrole nitrogens is 1. The van der Waals surface area contributed by atoms with E-state index in [1.54, 1.807) is 11.0 Å². The van der Waals surface area contributed by atoms with Crippen LogP contribution in [0.1, 0.15) is 44.3 Å². The average molecular weight is 523 g/mol. The quantitative estimate of drug-likeness (QED) is 0.319. The van der Waals surface area contributed by atoms with E-state index in [2.05, 4.69) is 26.1 Å². The molecule has 0 bridgehead atoms. The van der Waals surface area contributed by atoms with Crippen LogP contribution in [0, 0.1) is 13.8 Å². The summed E-state index contributed by atoms with van der Waals surface area (Å²) in [6.07, 6.45) is 0. The highest BCUT2D eigenvalue weighted by Gasteiger charge is 2.42. The van der Waals surface area contributed by atoms with Crippen LogP contribution in [0.15, 0.2) is 65.1 Å². The molecule has 5 rings (SSSR count). The van der Waals surface area contributed by atoms with Gasteiger partial charge in [0.15, 0.2) is 0 Å². The average Bonchev–Trinajstić information content (AvgIpc) is 3.29. The number of aromatic amines is 1. The predicted octanol–water partition coefficient (Wildman–Crippen LogP) is 6.56. The van der Waals surface area contributed by atoms with Crippen molar-refractivity contribution in [2.45, 2.75) is 26.4 Å². The summed E-state index contributed by atoms with van der Waals surface area (Å²) in [5.41, 5.74) is 6.08. The van der Waals surface area contributed by atoms with Gasteiger partial charge in [0.05, 0.1) is 6.04 Å². The van der Waals surface area contributed by atoms with Crippen LogP contribution in [0.3, 0.4) is 0 Å². The van der Waals surface area contributed by atoms with Crippen molar-refractivity contribution in [2.24, 2.45) is 0 Å². The number of carbonyl (C=O) groups excluding carboxylic acids is 1. The van der Waals surface area contributed by atoms with E-state index in [0.717, 1.165) is 32.3 Å². The zero-order valence-corrected chi connectivity index (χ0v) is 20.4. The van der Waals surface area contributed by atoms with E-state index in [4.69, 9.17) is 11.6 Å². The fourth-order valence-electron chi connectivity index (χ4n) is 4.61. The molecule has 1 aromatic heterocycles. The number of nitrogens with one attached hydrogen (secondary N) is 1. The molecule has 1 atom stereocenters. The van der Waals surface area contributed by atoms with Crippen molar-refractivity contribution in [3.63, 3.8) is 0 Å². The number of aryl methyl sites for hydroxylation is 2. The number of phenolic OH excluding ortho intramolecular Hbond substituents is 1. The number of halogens is 2. The Labute approximate surface area is 205 Å². The summed E-state index contributed by atoms with van der Waals surface area (Å²) in [5, 5.41) is 18.9. The van der Waals surface area contributed by atoms with Crippen molar-refractivity contribution in [2.75, 3.05) is 0 Å². The SMILES string of the molecule is Cc1cc(C)c(-c2n[nH]c3c2C(c2ccc(Br)cc2)N(Cc2ccccc2Cl)C3=O)c(O)c1. The van der Waals surface area contributed by atoms with Crippen LogP contribution < -0.4 is 0 Å². The van der Waals surface area contributed by atoms with Crippen LogP contribution in [0.2, 0.25) is 5.02 Å². The summed E-state index contributed by atoms with van der Waals surface area (Å²) in [7, 11) is 0. The number of aromatic nitrogens is 2. The van der Waals surface area contributed by atoms with E-state index in [1.807, 2.05) is 68.4 Å². The monoisotopic (exact) mass is 521 g/mol. The van der Waals surface area contributed by atoms with Crippen molar-refractivity contribution >= 4 is 33.4 Å². The molecule has 1 amide bonds. The Balaban J connectivity index is 1.70. The minimum atomic E-state index is -0.384. The van der Waals surface area contributed by atoms with E-state index in [1.165, 1.54) is 0 Å². The molecule has 1 aliphatic rings. The fraction of sp³-hybridized carbons (Fsp3) is 0.154. The van der Waals surface area contributed by atoms with Crippen molar-refractivity contribution in [3.05, 3.63) is 104 Å². The Hall–Kier alpha value is -3.09. The fourth-order valence-corrected chi connectivity index (χ4v) is 5.07. The number of carbonyl (C=O) groups is 1. The summed E-state index contributed by atoms with van der Waals surface area (Å²) in [6, 6.07) is 18.8. The molecule has 1 aliphatic heterocycles. The zero-order chi connectivity index (χ0) is 23.3. The van der Waals surface area contributed by atoms with Gasteiger partial charge >= 0.3 is 0 Å². The Morgan fingerprint density at radius 2 is 1.85 bits per heavy atom. The van der Waals surface area contributed by atoms with Gasteiger partial charge in [0, 0.05) is 27.2 Å². The molecular formula is C26H21BrClN3O2. The van der Waals surface area contributed by atoms with E-state index in [0.29, 0.717) is 28.5 Å². The third-order valence-electron chi connectivity index (χ3n) is 6.04. The highest BCUT2D eigenvalue weighted by molar-refractivity contribution is 9.10. The molecule has 7 heteroatoms. The van der Waals surface area contributed by atoms with Crippen LogP contribution in [-0.4, -0.2) is 26.1 Å². The number of nitrogens with zero attached hydrogens (tertiary/aromatic N) is 2. The Morgan fingerprint density at radius 3 is 2.55 bits per heavy atom. The third-order valence-corrected chi connectivity index (χ3v) is 6.94. The molecule has 1 unspecified atom stereocenters. The number of aromatic hydroxyl groups is 1. The largest absolute Gasteiger partial charge is 0.507 e. The molecule has 0 aliphatic carbocycles. The van der Waals surface area contributed by atoms with Gasteiger partial charge in [-0.25, -0.2) is 0 Å². The maximum Gasteiger partial charge on any atom is 0.273 e. The number of hydrogen-bond acceptors (Lipinski definition) is 3. The van der Waals surface area contributed by atoms with E-state index in [9.17, 15) is 9.90 Å². The zero-order valence-electron chi connectivity index (χ0n) is 18.1. The van der Waals surface area contributed by atoms with Crippen LogP contribution in [0.25, 0.3) is 11.3 Å². The number of hydrogen-bond donors (Lipinski definition) is 2. The summed E-state index contributed by atoms with van der Waals surface area (Å²) < 4.78 is 0.952. The Morgan fingerprint density at radius 1 is 1.12 bits per heavy atom. The molecule has 0 saturated heterocycles. The van der Waals surface area contributed by atoms with E-state index in [-0.39, 0.29) is 17.7 Å². The first kappa shape index (κ1) is 21.7. The van der Waals surface area contributed by atoms with Gasteiger partial charge in [-0.15, -0.1) is 0 Å². The first-order valence-corrected chi connectivity index (χ1v) is 11.7. The first-order valence-electron chi connectivity index (χ1n) is 10.5. The highest BCUT2D eigenvalue weighted by Crippen LogP contribution is 2.46. The van der Waals surface area contributed by atoms with Gasteiger partial charge in [-0.3, -0.25) is 9.89 Å². The van der Waals surface area contributed by atoms with Crippen LogP contribution >= 0.6 is 27.5 Å². The summed E-state index contributed by atoms with van der Waals surface area (Å²) in [4.78, 5) is 15.4. The van der Waals surface area contributed by atoms with Gasteiger partial charge in [-0.2, -0.15) is 5.10 Å².